The molecule has 0 bridgehead atoms. The second kappa shape index (κ2) is 8.13. The summed E-state index contributed by atoms with van der Waals surface area (Å²) in [6.45, 7) is 10.8. The second-order valence-corrected chi connectivity index (χ2v) is 7.97. The molecule has 0 aromatic rings. The lowest BCUT2D eigenvalue weighted by Gasteiger charge is -2.31. The van der Waals surface area contributed by atoms with Crippen molar-refractivity contribution >= 4 is 17.9 Å². The van der Waals surface area contributed by atoms with E-state index >= 15 is 0 Å². The van der Waals surface area contributed by atoms with Gasteiger partial charge in [-0.2, -0.15) is 11.8 Å². The number of alkyl carbamates (subject to hydrolysis) is 1. The van der Waals surface area contributed by atoms with Crippen LogP contribution < -0.4 is 10.6 Å². The molecule has 1 rings (SSSR count). The predicted octanol–water partition coefficient (Wildman–Crippen LogP) is 3.16. The van der Waals surface area contributed by atoms with Crippen molar-refractivity contribution in [3.63, 3.8) is 0 Å². The van der Waals surface area contributed by atoms with E-state index in [1.54, 1.807) is 0 Å². The normalized spacial score (nSPS) is 25.1. The maximum atomic E-state index is 11.8. The highest BCUT2D eigenvalue weighted by Gasteiger charge is 2.23. The van der Waals surface area contributed by atoms with E-state index in [2.05, 4.69) is 24.5 Å². The van der Waals surface area contributed by atoms with Crippen molar-refractivity contribution in [3.8, 4) is 0 Å². The Hall–Kier alpha value is -0.420. The van der Waals surface area contributed by atoms with Crippen LogP contribution in [0, 0.1) is 0 Å². The van der Waals surface area contributed by atoms with E-state index in [-0.39, 0.29) is 12.1 Å². The number of rotatable bonds is 5. The molecule has 20 heavy (non-hydrogen) atoms. The van der Waals surface area contributed by atoms with E-state index in [1.807, 2.05) is 32.5 Å². The molecular weight excluding hydrogens is 272 g/mol. The van der Waals surface area contributed by atoms with E-state index in [9.17, 15) is 4.79 Å². The standard InChI is InChI=1S/C15H30N2O2S/c1-6-12(17-14(18)19-15(3,4)5)10-16-13-8-7-9-20-11(13)2/h11-13,16H,6-10H2,1-5H3,(H,17,18). The van der Waals surface area contributed by atoms with E-state index in [0.717, 1.165) is 13.0 Å². The highest BCUT2D eigenvalue weighted by atomic mass is 32.2. The largest absolute Gasteiger partial charge is 0.444 e. The molecule has 0 radical (unpaired) electrons. The van der Waals surface area contributed by atoms with Gasteiger partial charge in [0, 0.05) is 23.9 Å². The van der Waals surface area contributed by atoms with Gasteiger partial charge in [0.15, 0.2) is 0 Å². The summed E-state index contributed by atoms with van der Waals surface area (Å²) >= 11 is 2.03. The number of carbonyl (C=O) groups excluding carboxylic acids is 1. The van der Waals surface area contributed by atoms with Crippen molar-refractivity contribution in [2.24, 2.45) is 0 Å². The predicted molar refractivity (Wildman–Crippen MR) is 86.4 cm³/mol. The summed E-state index contributed by atoms with van der Waals surface area (Å²) in [6, 6.07) is 0.687. The van der Waals surface area contributed by atoms with Gasteiger partial charge >= 0.3 is 6.09 Å². The first kappa shape index (κ1) is 17.6. The first-order chi connectivity index (χ1) is 9.31. The Morgan fingerprint density at radius 2 is 2.15 bits per heavy atom. The second-order valence-electron chi connectivity index (χ2n) is 6.48. The Labute approximate surface area is 127 Å². The zero-order valence-corrected chi connectivity index (χ0v) is 14.3. The monoisotopic (exact) mass is 302 g/mol. The van der Waals surface area contributed by atoms with Gasteiger partial charge in [0.25, 0.3) is 0 Å². The Bertz CT molecular complexity index is 305. The summed E-state index contributed by atoms with van der Waals surface area (Å²) in [5, 5.41) is 7.20. The Kier molecular flexibility index (Phi) is 7.17. The van der Waals surface area contributed by atoms with Gasteiger partial charge in [0.1, 0.15) is 5.60 Å². The quantitative estimate of drug-likeness (QED) is 0.819. The van der Waals surface area contributed by atoms with Crippen LogP contribution >= 0.6 is 11.8 Å². The smallest absolute Gasteiger partial charge is 0.407 e. The lowest BCUT2D eigenvalue weighted by molar-refractivity contribution is 0.0501. The fourth-order valence-corrected chi connectivity index (χ4v) is 3.43. The van der Waals surface area contributed by atoms with Gasteiger partial charge in [-0.15, -0.1) is 0 Å². The summed E-state index contributed by atoms with van der Waals surface area (Å²) in [4.78, 5) is 11.8. The summed E-state index contributed by atoms with van der Waals surface area (Å²) in [5.41, 5.74) is -0.440. The van der Waals surface area contributed by atoms with Crippen LogP contribution in [0.15, 0.2) is 0 Å². The molecule has 0 saturated carbocycles. The fraction of sp³-hybridized carbons (Fsp3) is 0.933. The van der Waals surface area contributed by atoms with Crippen LogP contribution in [-0.4, -0.2) is 41.3 Å². The van der Waals surface area contributed by atoms with Gasteiger partial charge in [-0.05, 0) is 45.8 Å². The number of hydrogen-bond acceptors (Lipinski definition) is 4. The van der Waals surface area contributed by atoms with Crippen LogP contribution in [0.5, 0.6) is 0 Å². The number of nitrogens with one attached hydrogen (secondary N) is 2. The molecule has 1 amide bonds. The van der Waals surface area contributed by atoms with Crippen LogP contribution in [-0.2, 0) is 4.74 Å². The van der Waals surface area contributed by atoms with Gasteiger partial charge in [0.05, 0.1) is 0 Å². The molecule has 2 N–H and O–H groups in total. The van der Waals surface area contributed by atoms with Gasteiger partial charge < -0.3 is 15.4 Å². The lowest BCUT2D eigenvalue weighted by Crippen LogP contribution is -2.48. The van der Waals surface area contributed by atoms with Crippen molar-refractivity contribution in [1.29, 1.82) is 0 Å². The van der Waals surface area contributed by atoms with Crippen LogP contribution in [0.25, 0.3) is 0 Å². The number of thioether (sulfide) groups is 1. The summed E-state index contributed by atoms with van der Waals surface area (Å²) in [5.74, 6) is 1.27. The molecule has 1 heterocycles. The van der Waals surface area contributed by atoms with E-state index in [0.29, 0.717) is 11.3 Å². The molecule has 0 spiro atoms. The van der Waals surface area contributed by atoms with Gasteiger partial charge in [0.2, 0.25) is 0 Å². The minimum absolute atomic E-state index is 0.129. The molecule has 0 aromatic carbocycles. The van der Waals surface area contributed by atoms with Crippen LogP contribution in [0.1, 0.15) is 53.9 Å². The molecule has 1 saturated heterocycles. The summed E-state index contributed by atoms with van der Waals surface area (Å²) in [7, 11) is 0. The van der Waals surface area contributed by atoms with Crippen LogP contribution in [0.4, 0.5) is 4.79 Å². The zero-order chi connectivity index (χ0) is 15.2. The average molecular weight is 302 g/mol. The minimum Gasteiger partial charge on any atom is -0.444 e. The van der Waals surface area contributed by atoms with E-state index in [1.165, 1.54) is 18.6 Å². The Morgan fingerprint density at radius 3 is 2.70 bits per heavy atom. The molecule has 1 fully saturated rings. The molecule has 4 nitrogen and oxygen atoms in total. The third-order valence-corrected chi connectivity index (χ3v) is 4.83. The molecule has 1 aliphatic heterocycles. The SMILES string of the molecule is CCC(CNC1CCCSC1C)NC(=O)OC(C)(C)C. The van der Waals surface area contributed by atoms with Crippen LogP contribution in [0.2, 0.25) is 0 Å². The molecule has 5 heteroatoms. The van der Waals surface area contributed by atoms with Crippen molar-refractivity contribution < 1.29 is 9.53 Å². The third-order valence-electron chi connectivity index (χ3n) is 3.45. The first-order valence-electron chi connectivity index (χ1n) is 7.66. The van der Waals surface area contributed by atoms with Crippen molar-refractivity contribution in [2.75, 3.05) is 12.3 Å². The van der Waals surface area contributed by atoms with E-state index in [4.69, 9.17) is 4.74 Å². The maximum absolute atomic E-state index is 11.8. The van der Waals surface area contributed by atoms with Gasteiger partial charge in [-0.1, -0.05) is 13.8 Å². The number of amides is 1. The number of hydrogen-bond donors (Lipinski definition) is 2. The highest BCUT2D eigenvalue weighted by molar-refractivity contribution is 7.99. The number of carbonyl (C=O) groups is 1. The highest BCUT2D eigenvalue weighted by Crippen LogP contribution is 2.24. The fourth-order valence-electron chi connectivity index (χ4n) is 2.26. The zero-order valence-electron chi connectivity index (χ0n) is 13.5. The molecule has 1 aliphatic rings. The first-order valence-corrected chi connectivity index (χ1v) is 8.71. The molecule has 3 unspecified atom stereocenters. The summed E-state index contributed by atoms with van der Waals surface area (Å²) in [6.07, 6.45) is 3.10. The minimum atomic E-state index is -0.440. The van der Waals surface area contributed by atoms with Crippen molar-refractivity contribution in [1.82, 2.24) is 10.6 Å². The molecule has 0 aromatic heterocycles. The van der Waals surface area contributed by atoms with Crippen LogP contribution in [0.3, 0.4) is 0 Å². The maximum Gasteiger partial charge on any atom is 0.407 e. The van der Waals surface area contributed by atoms with E-state index < -0.39 is 5.60 Å². The van der Waals surface area contributed by atoms with Gasteiger partial charge in [-0.3, -0.25) is 0 Å². The molecule has 118 valence electrons. The third kappa shape index (κ3) is 6.84. The molecule has 3 atom stereocenters. The Morgan fingerprint density at radius 1 is 1.45 bits per heavy atom. The van der Waals surface area contributed by atoms with Crippen molar-refractivity contribution in [3.05, 3.63) is 0 Å². The van der Waals surface area contributed by atoms with Gasteiger partial charge in [-0.25, -0.2) is 4.79 Å². The topological polar surface area (TPSA) is 50.4 Å². The lowest BCUT2D eigenvalue weighted by atomic mass is 10.1. The Balaban J connectivity index is 2.33. The molecule has 0 aliphatic carbocycles. The molecular formula is C15H30N2O2S. The number of ether oxygens (including phenoxy) is 1. The van der Waals surface area contributed by atoms with Crippen molar-refractivity contribution in [2.45, 2.75) is 76.8 Å². The summed E-state index contributed by atoms with van der Waals surface area (Å²) < 4.78 is 5.30. The average Bonchev–Trinajstić information content (AvgIpc) is 2.34.